The average Bonchev–Trinajstić information content (AvgIpc) is 3.30. The lowest BCUT2D eigenvalue weighted by atomic mass is 10.1. The summed E-state index contributed by atoms with van der Waals surface area (Å²) in [6, 6.07) is 0. The van der Waals surface area contributed by atoms with Gasteiger partial charge >= 0.3 is 11.9 Å². The molecule has 64 heavy (non-hydrogen) atoms. The summed E-state index contributed by atoms with van der Waals surface area (Å²) in [5.74, 6) is -0.509. The molecule has 0 spiro atoms. The molecule has 0 N–H and O–H groups in total. The van der Waals surface area contributed by atoms with Crippen LogP contribution in [0.1, 0.15) is 213 Å². The summed E-state index contributed by atoms with van der Waals surface area (Å²) < 4.78 is 17.3. The van der Waals surface area contributed by atoms with Crippen LogP contribution in [-0.4, -0.2) is 37.9 Å². The fraction of sp³-hybridized carbons (Fsp3) is 0.627. The van der Waals surface area contributed by atoms with Gasteiger partial charge in [0, 0.05) is 19.4 Å². The molecule has 0 rings (SSSR count). The molecule has 0 bridgehead atoms. The molecular formula is C59H96O5. The van der Waals surface area contributed by atoms with Gasteiger partial charge in [-0.15, -0.1) is 0 Å². The lowest BCUT2D eigenvalue weighted by Crippen LogP contribution is -2.30. The lowest BCUT2D eigenvalue weighted by molar-refractivity contribution is -0.162. The Hall–Kier alpha value is -3.70. The molecule has 0 fully saturated rings. The zero-order valence-corrected chi connectivity index (χ0v) is 41.5. The first-order valence-corrected chi connectivity index (χ1v) is 26.1. The van der Waals surface area contributed by atoms with Crippen molar-refractivity contribution in [3.8, 4) is 0 Å². The van der Waals surface area contributed by atoms with E-state index in [9.17, 15) is 9.59 Å². The van der Waals surface area contributed by atoms with E-state index in [1.165, 1.54) is 70.6 Å². The number of hydrogen-bond donors (Lipinski definition) is 0. The van der Waals surface area contributed by atoms with E-state index in [0.29, 0.717) is 25.9 Å². The number of esters is 2. The molecule has 5 nitrogen and oxygen atoms in total. The normalized spacial score (nSPS) is 13.2. The number of allylic oxidation sites excluding steroid dienone is 20. The van der Waals surface area contributed by atoms with Gasteiger partial charge in [-0.05, 0) is 96.3 Å². The third-order valence-electron chi connectivity index (χ3n) is 10.5. The summed E-state index contributed by atoms with van der Waals surface area (Å²) in [4.78, 5) is 25.3. The minimum absolute atomic E-state index is 0.0347. The summed E-state index contributed by atoms with van der Waals surface area (Å²) >= 11 is 0. The molecule has 0 aliphatic heterocycles. The van der Waals surface area contributed by atoms with Crippen molar-refractivity contribution >= 4 is 11.9 Å². The number of ether oxygens (including phenoxy) is 3. The van der Waals surface area contributed by atoms with Crippen LogP contribution in [0.3, 0.4) is 0 Å². The van der Waals surface area contributed by atoms with Gasteiger partial charge in [-0.1, -0.05) is 226 Å². The second-order valence-electron chi connectivity index (χ2n) is 16.7. The predicted molar refractivity (Wildman–Crippen MR) is 279 cm³/mol. The second kappa shape index (κ2) is 53.6. The molecule has 0 radical (unpaired) electrons. The summed E-state index contributed by atoms with van der Waals surface area (Å²) in [5, 5.41) is 0. The highest BCUT2D eigenvalue weighted by Crippen LogP contribution is 2.13. The summed E-state index contributed by atoms with van der Waals surface area (Å²) in [6.07, 6.45) is 75.1. The van der Waals surface area contributed by atoms with Crippen molar-refractivity contribution in [2.45, 2.75) is 219 Å². The van der Waals surface area contributed by atoms with Gasteiger partial charge in [-0.2, -0.15) is 0 Å². The third-order valence-corrected chi connectivity index (χ3v) is 10.5. The quantitative estimate of drug-likeness (QED) is 0.0346. The van der Waals surface area contributed by atoms with E-state index >= 15 is 0 Å². The van der Waals surface area contributed by atoms with Crippen LogP contribution in [0.4, 0.5) is 0 Å². The molecule has 0 amide bonds. The van der Waals surface area contributed by atoms with Gasteiger partial charge in [-0.3, -0.25) is 9.59 Å². The summed E-state index contributed by atoms with van der Waals surface area (Å²) in [6.45, 7) is 7.47. The van der Waals surface area contributed by atoms with E-state index in [2.05, 4.69) is 136 Å². The Morgan fingerprint density at radius 2 is 0.734 bits per heavy atom. The first-order valence-electron chi connectivity index (χ1n) is 26.1. The minimum atomic E-state index is -0.578. The topological polar surface area (TPSA) is 61.8 Å². The van der Waals surface area contributed by atoms with Gasteiger partial charge in [0.2, 0.25) is 0 Å². The number of hydrogen-bond acceptors (Lipinski definition) is 5. The molecule has 5 heteroatoms. The molecular weight excluding hydrogens is 789 g/mol. The highest BCUT2D eigenvalue weighted by molar-refractivity contribution is 5.70. The van der Waals surface area contributed by atoms with Crippen molar-refractivity contribution in [1.29, 1.82) is 0 Å². The van der Waals surface area contributed by atoms with E-state index in [4.69, 9.17) is 14.2 Å². The number of carbonyl (C=O) groups is 2. The first-order chi connectivity index (χ1) is 31.6. The number of carbonyl (C=O) groups excluding carboxylic acids is 2. The standard InChI is InChI=1S/C59H96O5/c1-4-7-10-13-16-19-21-23-25-27-29-31-33-35-37-39-42-45-48-51-54-62-55-57(64-59(61)53-50-47-44-40-18-15-12-9-6-3)56-63-58(60)52-49-46-43-41-38-36-34-32-30-28-26-24-22-20-17-14-11-8-5-2/h7-8,10-11,16-17,19-20,23-26,29-32,36,38,43,46,57H,4-6,9,12-15,18,21-22,27-28,33-35,37,39-42,44-45,47-56H2,1-3H3/b10-7-,11-8-,19-16-,20-17-,25-23-,26-24-,31-29-,32-30-,38-36-,46-43-. The molecule has 0 aromatic carbocycles. The van der Waals surface area contributed by atoms with E-state index in [0.717, 1.165) is 103 Å². The van der Waals surface area contributed by atoms with E-state index in [-0.39, 0.29) is 25.2 Å². The van der Waals surface area contributed by atoms with E-state index < -0.39 is 6.10 Å². The van der Waals surface area contributed by atoms with Crippen molar-refractivity contribution in [3.05, 3.63) is 122 Å². The molecule has 0 aromatic heterocycles. The molecule has 0 heterocycles. The van der Waals surface area contributed by atoms with Crippen molar-refractivity contribution in [2.75, 3.05) is 19.8 Å². The largest absolute Gasteiger partial charge is 0.462 e. The average molecular weight is 885 g/mol. The van der Waals surface area contributed by atoms with Crippen molar-refractivity contribution < 1.29 is 23.8 Å². The maximum Gasteiger partial charge on any atom is 0.306 e. The van der Waals surface area contributed by atoms with E-state index in [1.807, 2.05) is 6.08 Å². The fourth-order valence-electron chi connectivity index (χ4n) is 6.70. The highest BCUT2D eigenvalue weighted by Gasteiger charge is 2.17. The van der Waals surface area contributed by atoms with Gasteiger partial charge in [0.05, 0.1) is 6.61 Å². The number of rotatable bonds is 46. The molecule has 0 saturated carbocycles. The lowest BCUT2D eigenvalue weighted by Gasteiger charge is -2.18. The molecule has 362 valence electrons. The zero-order valence-electron chi connectivity index (χ0n) is 41.5. The predicted octanol–water partition coefficient (Wildman–Crippen LogP) is 17.8. The Balaban J connectivity index is 4.33. The Labute approximate surface area is 395 Å². The highest BCUT2D eigenvalue weighted by atomic mass is 16.6. The van der Waals surface area contributed by atoms with E-state index in [1.54, 1.807) is 0 Å². The Morgan fingerprint density at radius 3 is 1.19 bits per heavy atom. The second-order valence-corrected chi connectivity index (χ2v) is 16.7. The van der Waals surface area contributed by atoms with Crippen LogP contribution >= 0.6 is 0 Å². The molecule has 0 aromatic rings. The van der Waals surface area contributed by atoms with Gasteiger partial charge < -0.3 is 14.2 Å². The van der Waals surface area contributed by atoms with Crippen LogP contribution in [0, 0.1) is 0 Å². The molecule has 0 saturated heterocycles. The van der Waals surface area contributed by atoms with Crippen LogP contribution in [-0.2, 0) is 23.8 Å². The Kier molecular flexibility index (Phi) is 50.5. The monoisotopic (exact) mass is 885 g/mol. The van der Waals surface area contributed by atoms with Crippen LogP contribution < -0.4 is 0 Å². The maximum absolute atomic E-state index is 12.7. The SMILES string of the molecule is CC/C=C\C/C=C\C/C=C\C/C=C\C/C=C\C/C=C\CCC(=O)OCC(COCCCCCCCCC/C=C\C/C=C\C/C=C\C/C=C\CC)OC(=O)CCCCCCCCCCC. The smallest absolute Gasteiger partial charge is 0.306 e. The van der Waals surface area contributed by atoms with Gasteiger partial charge in [0.1, 0.15) is 6.61 Å². The van der Waals surface area contributed by atoms with Gasteiger partial charge in [-0.25, -0.2) is 0 Å². The number of unbranched alkanes of at least 4 members (excludes halogenated alkanes) is 15. The molecule has 0 aliphatic rings. The van der Waals surface area contributed by atoms with Crippen LogP contribution in [0.2, 0.25) is 0 Å². The Morgan fingerprint density at radius 1 is 0.359 bits per heavy atom. The molecule has 1 unspecified atom stereocenters. The van der Waals surface area contributed by atoms with Crippen LogP contribution in [0.5, 0.6) is 0 Å². The summed E-state index contributed by atoms with van der Waals surface area (Å²) in [5.41, 5.74) is 0. The molecule has 0 aliphatic carbocycles. The van der Waals surface area contributed by atoms with Crippen LogP contribution in [0.25, 0.3) is 0 Å². The van der Waals surface area contributed by atoms with Crippen molar-refractivity contribution in [3.63, 3.8) is 0 Å². The fourth-order valence-corrected chi connectivity index (χ4v) is 6.70. The Bertz CT molecular complexity index is 1320. The van der Waals surface area contributed by atoms with Gasteiger partial charge in [0.25, 0.3) is 0 Å². The molecule has 1 atom stereocenters. The van der Waals surface area contributed by atoms with Crippen molar-refractivity contribution in [1.82, 2.24) is 0 Å². The first kappa shape index (κ1) is 60.3. The van der Waals surface area contributed by atoms with Crippen LogP contribution in [0.15, 0.2) is 122 Å². The zero-order chi connectivity index (χ0) is 46.3. The third kappa shape index (κ3) is 50.9. The van der Waals surface area contributed by atoms with Gasteiger partial charge in [0.15, 0.2) is 6.10 Å². The maximum atomic E-state index is 12.7. The van der Waals surface area contributed by atoms with Crippen molar-refractivity contribution in [2.24, 2.45) is 0 Å². The minimum Gasteiger partial charge on any atom is -0.462 e. The summed E-state index contributed by atoms with van der Waals surface area (Å²) in [7, 11) is 0.